The van der Waals surface area contributed by atoms with Gasteiger partial charge in [0.25, 0.3) is 0 Å². The number of hydrogen-bond acceptors (Lipinski definition) is 4. The monoisotopic (exact) mass is 392 g/mol. The molecule has 1 unspecified atom stereocenters. The fraction of sp³-hybridized carbons (Fsp3) is 0.636. The van der Waals surface area contributed by atoms with Crippen LogP contribution >= 0.6 is 0 Å². The van der Waals surface area contributed by atoms with E-state index in [4.69, 9.17) is 0 Å². The van der Waals surface area contributed by atoms with Crippen molar-refractivity contribution >= 4 is 11.8 Å². The molecule has 0 aliphatic rings. The number of amides is 2. The Morgan fingerprint density at radius 2 is 1.71 bits per heavy atom. The second kappa shape index (κ2) is 12.5. The Morgan fingerprint density at radius 1 is 1.07 bits per heavy atom. The van der Waals surface area contributed by atoms with Gasteiger partial charge in [0.05, 0.1) is 18.8 Å². The highest BCUT2D eigenvalue weighted by Crippen LogP contribution is 2.23. The molecule has 0 radical (unpaired) electrons. The van der Waals surface area contributed by atoms with Gasteiger partial charge in [0.1, 0.15) is 6.04 Å². The van der Waals surface area contributed by atoms with Crippen LogP contribution in [0, 0.1) is 0 Å². The number of aliphatic hydroxyl groups excluding tert-OH is 2. The Hall–Kier alpha value is -1.92. The van der Waals surface area contributed by atoms with Crippen LogP contribution in [-0.2, 0) is 9.59 Å². The summed E-state index contributed by atoms with van der Waals surface area (Å²) in [6.45, 7) is 5.23. The van der Waals surface area contributed by atoms with Crippen LogP contribution in [0.2, 0.25) is 0 Å². The Bertz CT molecular complexity index is 589. The predicted molar refractivity (Wildman–Crippen MR) is 111 cm³/mol. The van der Waals surface area contributed by atoms with E-state index in [2.05, 4.69) is 12.2 Å². The summed E-state index contributed by atoms with van der Waals surface area (Å²) in [7, 11) is 0. The van der Waals surface area contributed by atoms with Crippen LogP contribution in [0.25, 0.3) is 0 Å². The lowest BCUT2D eigenvalue weighted by molar-refractivity contribution is -0.142. The van der Waals surface area contributed by atoms with Gasteiger partial charge in [-0.2, -0.15) is 0 Å². The number of rotatable bonds is 13. The van der Waals surface area contributed by atoms with Gasteiger partial charge in [0, 0.05) is 13.0 Å². The number of hydrogen-bond donors (Lipinski definition) is 3. The highest BCUT2D eigenvalue weighted by atomic mass is 16.3. The van der Waals surface area contributed by atoms with Crippen LogP contribution < -0.4 is 5.32 Å². The van der Waals surface area contributed by atoms with Crippen molar-refractivity contribution in [1.29, 1.82) is 0 Å². The van der Waals surface area contributed by atoms with Crippen molar-refractivity contribution in [2.75, 3.05) is 19.8 Å². The fourth-order valence-electron chi connectivity index (χ4n) is 3.08. The second-order valence-corrected chi connectivity index (χ2v) is 7.82. The van der Waals surface area contributed by atoms with Gasteiger partial charge in [0.2, 0.25) is 11.8 Å². The first-order chi connectivity index (χ1) is 13.4. The quantitative estimate of drug-likeness (QED) is 0.450. The molecule has 28 heavy (non-hydrogen) atoms. The molecule has 0 aliphatic heterocycles. The summed E-state index contributed by atoms with van der Waals surface area (Å²) in [6, 6.07) is 8.24. The summed E-state index contributed by atoms with van der Waals surface area (Å²) in [4.78, 5) is 27.4. The van der Waals surface area contributed by atoms with Gasteiger partial charge in [-0.25, -0.2) is 0 Å². The normalized spacial score (nSPS) is 12.5. The molecular weight excluding hydrogens is 356 g/mol. The fourth-order valence-corrected chi connectivity index (χ4v) is 3.08. The zero-order chi connectivity index (χ0) is 21.0. The van der Waals surface area contributed by atoms with E-state index in [-0.39, 0.29) is 31.6 Å². The molecule has 158 valence electrons. The molecule has 2 amide bonds. The van der Waals surface area contributed by atoms with E-state index in [1.807, 2.05) is 18.2 Å². The average molecular weight is 393 g/mol. The molecule has 0 bridgehead atoms. The Labute approximate surface area is 168 Å². The van der Waals surface area contributed by atoms with E-state index in [1.165, 1.54) is 4.90 Å². The van der Waals surface area contributed by atoms with Crippen LogP contribution in [0.4, 0.5) is 0 Å². The van der Waals surface area contributed by atoms with Gasteiger partial charge < -0.3 is 20.4 Å². The minimum Gasteiger partial charge on any atom is -0.395 e. The predicted octanol–water partition coefficient (Wildman–Crippen LogP) is 2.80. The SMILES string of the molecule is CCCCCCCC(=O)N(CCO)C(C(=O)NC(C)(C)CO)c1ccccc1. The summed E-state index contributed by atoms with van der Waals surface area (Å²) in [5, 5.41) is 21.8. The van der Waals surface area contributed by atoms with Crippen LogP contribution in [-0.4, -0.2) is 52.2 Å². The summed E-state index contributed by atoms with van der Waals surface area (Å²) in [5.74, 6) is -0.505. The lowest BCUT2D eigenvalue weighted by Gasteiger charge is -2.34. The maximum atomic E-state index is 13.1. The molecule has 0 spiro atoms. The third kappa shape index (κ3) is 7.98. The van der Waals surface area contributed by atoms with E-state index >= 15 is 0 Å². The van der Waals surface area contributed by atoms with E-state index < -0.39 is 11.6 Å². The number of carbonyl (C=O) groups is 2. The van der Waals surface area contributed by atoms with Crippen molar-refractivity contribution in [1.82, 2.24) is 10.2 Å². The average Bonchev–Trinajstić information content (AvgIpc) is 2.67. The third-order valence-corrected chi connectivity index (χ3v) is 4.69. The Balaban J connectivity index is 3.02. The van der Waals surface area contributed by atoms with Crippen molar-refractivity contribution < 1.29 is 19.8 Å². The smallest absolute Gasteiger partial charge is 0.247 e. The first kappa shape index (κ1) is 24.1. The Kier molecular flexibility index (Phi) is 10.8. The first-order valence-corrected chi connectivity index (χ1v) is 10.2. The molecule has 1 aromatic carbocycles. The molecule has 0 saturated carbocycles. The van der Waals surface area contributed by atoms with Gasteiger partial charge in [-0.3, -0.25) is 9.59 Å². The van der Waals surface area contributed by atoms with Crippen molar-refractivity contribution in [3.8, 4) is 0 Å². The molecule has 6 nitrogen and oxygen atoms in total. The summed E-state index contributed by atoms with van der Waals surface area (Å²) < 4.78 is 0. The number of nitrogens with zero attached hydrogens (tertiary/aromatic N) is 1. The van der Waals surface area contributed by atoms with Crippen LogP contribution in [0.3, 0.4) is 0 Å². The molecule has 0 aromatic heterocycles. The van der Waals surface area contributed by atoms with E-state index in [0.29, 0.717) is 12.0 Å². The molecule has 3 N–H and O–H groups in total. The summed E-state index contributed by atoms with van der Waals surface area (Å²) in [5.41, 5.74) is -0.125. The highest BCUT2D eigenvalue weighted by Gasteiger charge is 2.33. The third-order valence-electron chi connectivity index (χ3n) is 4.69. The highest BCUT2D eigenvalue weighted by molar-refractivity contribution is 5.89. The number of nitrogens with one attached hydrogen (secondary N) is 1. The first-order valence-electron chi connectivity index (χ1n) is 10.2. The van der Waals surface area contributed by atoms with Gasteiger partial charge in [-0.05, 0) is 25.8 Å². The molecule has 0 saturated heterocycles. The maximum absolute atomic E-state index is 13.1. The van der Waals surface area contributed by atoms with Gasteiger partial charge >= 0.3 is 0 Å². The number of unbranched alkanes of at least 4 members (excludes halogenated alkanes) is 4. The minimum absolute atomic E-state index is 0.0837. The van der Waals surface area contributed by atoms with Crippen LogP contribution in [0.5, 0.6) is 0 Å². The van der Waals surface area contributed by atoms with Gasteiger partial charge in [0.15, 0.2) is 0 Å². The summed E-state index contributed by atoms with van der Waals surface area (Å²) in [6.07, 6.45) is 5.49. The molecule has 0 fully saturated rings. The van der Waals surface area contributed by atoms with Crippen LogP contribution in [0.15, 0.2) is 30.3 Å². The zero-order valence-corrected chi connectivity index (χ0v) is 17.5. The van der Waals surface area contributed by atoms with Crippen molar-refractivity contribution in [2.24, 2.45) is 0 Å². The number of aliphatic hydroxyl groups is 2. The second-order valence-electron chi connectivity index (χ2n) is 7.82. The van der Waals surface area contributed by atoms with Crippen LogP contribution in [0.1, 0.15) is 70.9 Å². The molecule has 0 aliphatic carbocycles. The molecular formula is C22H36N2O4. The molecule has 1 aromatic rings. The molecule has 0 heterocycles. The molecule has 1 rings (SSSR count). The van der Waals surface area contributed by atoms with Crippen molar-refractivity contribution in [2.45, 2.75) is 70.9 Å². The lowest BCUT2D eigenvalue weighted by atomic mass is 10.0. The number of benzene rings is 1. The minimum atomic E-state index is -0.845. The molecule has 1 atom stereocenters. The topological polar surface area (TPSA) is 89.9 Å². The van der Waals surface area contributed by atoms with Crippen molar-refractivity contribution in [3.63, 3.8) is 0 Å². The lowest BCUT2D eigenvalue weighted by Crippen LogP contribution is -2.52. The zero-order valence-electron chi connectivity index (χ0n) is 17.5. The largest absolute Gasteiger partial charge is 0.395 e. The van der Waals surface area contributed by atoms with E-state index in [9.17, 15) is 19.8 Å². The van der Waals surface area contributed by atoms with Crippen molar-refractivity contribution in [3.05, 3.63) is 35.9 Å². The van der Waals surface area contributed by atoms with Gasteiger partial charge in [-0.15, -0.1) is 0 Å². The standard InChI is InChI=1S/C22H36N2O4/c1-4-5-6-7-11-14-19(27)24(15-16-25)20(18-12-9-8-10-13-18)21(28)23-22(2,3)17-26/h8-10,12-13,20,25-26H,4-7,11,14-17H2,1-3H3,(H,23,28). The number of carbonyl (C=O) groups excluding carboxylic acids is 2. The van der Waals surface area contributed by atoms with E-state index in [0.717, 1.165) is 32.1 Å². The Morgan fingerprint density at radius 3 is 2.29 bits per heavy atom. The maximum Gasteiger partial charge on any atom is 0.247 e. The van der Waals surface area contributed by atoms with E-state index in [1.54, 1.807) is 26.0 Å². The molecule has 6 heteroatoms. The summed E-state index contributed by atoms with van der Waals surface area (Å²) >= 11 is 0. The van der Waals surface area contributed by atoms with Gasteiger partial charge in [-0.1, -0.05) is 62.9 Å².